The van der Waals surface area contributed by atoms with Gasteiger partial charge in [0, 0.05) is 23.1 Å². The minimum atomic E-state index is -2.89. The molecule has 0 N–H and O–H groups in total. The van der Waals surface area contributed by atoms with Crippen molar-refractivity contribution in [3.8, 4) is 28.1 Å². The van der Waals surface area contributed by atoms with E-state index in [9.17, 15) is 18.9 Å². The molecule has 29 heavy (non-hydrogen) atoms. The molecular formula is C22H14F2N2O3. The quantitative estimate of drug-likeness (QED) is 0.305. The van der Waals surface area contributed by atoms with Crippen LogP contribution in [0, 0.1) is 10.1 Å². The van der Waals surface area contributed by atoms with Gasteiger partial charge in [-0.25, -0.2) is 4.98 Å². The largest absolute Gasteiger partial charge is 0.435 e. The van der Waals surface area contributed by atoms with Crippen LogP contribution in [0.4, 0.5) is 14.5 Å². The second kappa shape index (κ2) is 7.63. The summed E-state index contributed by atoms with van der Waals surface area (Å²) in [6.45, 7) is -2.89. The van der Waals surface area contributed by atoms with Crippen molar-refractivity contribution in [3.05, 3.63) is 89.0 Å². The van der Waals surface area contributed by atoms with Crippen LogP contribution in [0.15, 0.2) is 78.9 Å². The van der Waals surface area contributed by atoms with Crippen molar-refractivity contribution in [1.82, 2.24) is 4.98 Å². The smallest absolute Gasteiger partial charge is 0.387 e. The van der Waals surface area contributed by atoms with Crippen LogP contribution in [-0.4, -0.2) is 16.5 Å². The molecule has 0 atom stereocenters. The molecule has 0 amide bonds. The number of hydrogen-bond acceptors (Lipinski definition) is 4. The number of non-ortho nitro benzene ring substituents is 1. The molecule has 0 unspecified atom stereocenters. The van der Waals surface area contributed by atoms with Gasteiger partial charge in [0.15, 0.2) is 0 Å². The van der Waals surface area contributed by atoms with Gasteiger partial charge < -0.3 is 4.74 Å². The summed E-state index contributed by atoms with van der Waals surface area (Å²) in [5.41, 5.74) is 3.59. The third-order valence-electron chi connectivity index (χ3n) is 4.46. The third-order valence-corrected chi connectivity index (χ3v) is 4.46. The molecule has 0 fully saturated rings. The van der Waals surface area contributed by atoms with Crippen LogP contribution in [-0.2, 0) is 0 Å². The first-order valence-corrected chi connectivity index (χ1v) is 8.71. The fraction of sp³-hybridized carbons (Fsp3) is 0.0455. The molecule has 0 bridgehead atoms. The molecule has 0 aliphatic carbocycles. The maximum atomic E-state index is 12.4. The first kappa shape index (κ1) is 18.5. The fourth-order valence-electron chi connectivity index (χ4n) is 3.14. The second-order valence-electron chi connectivity index (χ2n) is 6.28. The maximum Gasteiger partial charge on any atom is 0.387 e. The van der Waals surface area contributed by atoms with E-state index in [1.165, 1.54) is 24.3 Å². The molecule has 7 heteroatoms. The molecule has 1 aromatic heterocycles. The zero-order chi connectivity index (χ0) is 20.4. The van der Waals surface area contributed by atoms with E-state index in [0.29, 0.717) is 22.2 Å². The second-order valence-corrected chi connectivity index (χ2v) is 6.28. The SMILES string of the molecule is O=[N+]([O-])c1ccc2nc(-c3ccc(OC(F)F)cc3)cc(-c3ccccc3)c2c1. The van der Waals surface area contributed by atoms with Crippen molar-refractivity contribution in [2.45, 2.75) is 6.61 Å². The molecule has 1 heterocycles. The summed E-state index contributed by atoms with van der Waals surface area (Å²) in [5.74, 6) is 0.0587. The lowest BCUT2D eigenvalue weighted by molar-refractivity contribution is -0.384. The summed E-state index contributed by atoms with van der Waals surface area (Å²) < 4.78 is 29.1. The number of ether oxygens (including phenoxy) is 1. The summed E-state index contributed by atoms with van der Waals surface area (Å²) in [6, 6.07) is 22.0. The lowest BCUT2D eigenvalue weighted by atomic mass is 9.98. The first-order valence-electron chi connectivity index (χ1n) is 8.71. The highest BCUT2D eigenvalue weighted by atomic mass is 19.3. The summed E-state index contributed by atoms with van der Waals surface area (Å²) in [6.07, 6.45) is 0. The number of rotatable bonds is 5. The summed E-state index contributed by atoms with van der Waals surface area (Å²) >= 11 is 0. The molecule has 4 rings (SSSR count). The number of aromatic nitrogens is 1. The normalized spacial score (nSPS) is 11.0. The predicted octanol–water partition coefficient (Wildman–Crippen LogP) is 6.08. The lowest BCUT2D eigenvalue weighted by Gasteiger charge is -2.11. The highest BCUT2D eigenvalue weighted by Crippen LogP contribution is 2.34. The Bertz CT molecular complexity index is 1180. The Morgan fingerprint density at radius 3 is 2.28 bits per heavy atom. The number of alkyl halides is 2. The van der Waals surface area contributed by atoms with Gasteiger partial charge in [-0.2, -0.15) is 8.78 Å². The Balaban J connectivity index is 1.88. The van der Waals surface area contributed by atoms with Gasteiger partial charge >= 0.3 is 6.61 Å². The van der Waals surface area contributed by atoms with E-state index in [1.54, 1.807) is 18.2 Å². The molecule has 0 aliphatic rings. The number of benzene rings is 3. The van der Waals surface area contributed by atoms with E-state index in [0.717, 1.165) is 11.1 Å². The van der Waals surface area contributed by atoms with E-state index >= 15 is 0 Å². The molecule has 4 aromatic rings. The minimum absolute atomic E-state index is 0.0160. The minimum Gasteiger partial charge on any atom is -0.435 e. The molecule has 0 aliphatic heterocycles. The molecular weight excluding hydrogens is 378 g/mol. The zero-order valence-electron chi connectivity index (χ0n) is 15.0. The highest BCUT2D eigenvalue weighted by molar-refractivity contribution is 5.97. The van der Waals surface area contributed by atoms with Crippen molar-refractivity contribution >= 4 is 16.6 Å². The van der Waals surface area contributed by atoms with E-state index in [1.807, 2.05) is 36.4 Å². The zero-order valence-corrected chi connectivity index (χ0v) is 15.0. The third kappa shape index (κ3) is 3.89. The van der Waals surface area contributed by atoms with Gasteiger partial charge in [-0.05, 0) is 47.5 Å². The van der Waals surface area contributed by atoms with Crippen LogP contribution in [0.3, 0.4) is 0 Å². The summed E-state index contributed by atoms with van der Waals surface area (Å²) in [5, 5.41) is 11.9. The van der Waals surface area contributed by atoms with Crippen LogP contribution in [0.1, 0.15) is 0 Å². The Labute approximate surface area is 164 Å². The Hall–Kier alpha value is -3.87. The molecule has 144 valence electrons. The summed E-state index contributed by atoms with van der Waals surface area (Å²) in [4.78, 5) is 15.4. The van der Waals surface area contributed by atoms with Crippen molar-refractivity contribution < 1.29 is 18.4 Å². The standard InChI is InChI=1S/C22H14F2N2O3/c23-22(24)29-17-9-6-15(7-10-17)21-13-18(14-4-2-1-3-5-14)19-12-16(26(27)28)8-11-20(19)25-21/h1-13,22H. The van der Waals surface area contributed by atoms with Crippen molar-refractivity contribution in [2.24, 2.45) is 0 Å². The van der Waals surface area contributed by atoms with Gasteiger partial charge in [0.05, 0.1) is 16.1 Å². The van der Waals surface area contributed by atoms with E-state index in [2.05, 4.69) is 9.72 Å². The number of nitro groups is 1. The van der Waals surface area contributed by atoms with Crippen LogP contribution in [0.2, 0.25) is 0 Å². The van der Waals surface area contributed by atoms with Gasteiger partial charge in [-0.15, -0.1) is 0 Å². The van der Waals surface area contributed by atoms with Crippen LogP contribution >= 0.6 is 0 Å². The van der Waals surface area contributed by atoms with Gasteiger partial charge in [-0.3, -0.25) is 10.1 Å². The molecule has 5 nitrogen and oxygen atoms in total. The first-order chi connectivity index (χ1) is 14.0. The van der Waals surface area contributed by atoms with Crippen LogP contribution < -0.4 is 4.74 Å². The van der Waals surface area contributed by atoms with Crippen LogP contribution in [0.25, 0.3) is 33.3 Å². The topological polar surface area (TPSA) is 65.3 Å². The van der Waals surface area contributed by atoms with E-state index < -0.39 is 11.5 Å². The van der Waals surface area contributed by atoms with Gasteiger partial charge in [-0.1, -0.05) is 30.3 Å². The average Bonchev–Trinajstić information content (AvgIpc) is 2.73. The monoisotopic (exact) mass is 392 g/mol. The Morgan fingerprint density at radius 1 is 0.897 bits per heavy atom. The lowest BCUT2D eigenvalue weighted by Crippen LogP contribution is -2.01. The van der Waals surface area contributed by atoms with Gasteiger partial charge in [0.25, 0.3) is 5.69 Å². The average molecular weight is 392 g/mol. The number of hydrogen-bond donors (Lipinski definition) is 0. The fourth-order valence-corrected chi connectivity index (χ4v) is 3.14. The van der Waals surface area contributed by atoms with Gasteiger partial charge in [0.1, 0.15) is 5.75 Å². The maximum absolute atomic E-state index is 12.4. The van der Waals surface area contributed by atoms with Gasteiger partial charge in [0.2, 0.25) is 0 Å². The Morgan fingerprint density at radius 2 is 1.62 bits per heavy atom. The van der Waals surface area contributed by atoms with E-state index in [4.69, 9.17) is 0 Å². The molecule has 0 saturated heterocycles. The number of nitrogens with zero attached hydrogens (tertiary/aromatic N) is 2. The number of nitro benzene ring substituents is 1. The van der Waals surface area contributed by atoms with E-state index in [-0.39, 0.29) is 11.4 Å². The molecule has 0 saturated carbocycles. The molecule has 0 radical (unpaired) electrons. The Kier molecular flexibility index (Phi) is 4.87. The van der Waals surface area contributed by atoms with Crippen molar-refractivity contribution in [2.75, 3.05) is 0 Å². The van der Waals surface area contributed by atoms with Crippen LogP contribution in [0.5, 0.6) is 5.75 Å². The number of pyridine rings is 1. The van der Waals surface area contributed by atoms with Crippen molar-refractivity contribution in [3.63, 3.8) is 0 Å². The number of fused-ring (bicyclic) bond motifs is 1. The summed E-state index contributed by atoms with van der Waals surface area (Å²) in [7, 11) is 0. The highest BCUT2D eigenvalue weighted by Gasteiger charge is 2.14. The molecule has 0 spiro atoms. The predicted molar refractivity (Wildman–Crippen MR) is 106 cm³/mol. The molecule has 3 aromatic carbocycles. The number of halogens is 2. The van der Waals surface area contributed by atoms with Crippen molar-refractivity contribution in [1.29, 1.82) is 0 Å².